The van der Waals surface area contributed by atoms with Crippen LogP contribution >= 0.6 is 0 Å². The average Bonchev–Trinajstić information content (AvgIpc) is 2.36. The van der Waals surface area contributed by atoms with Crippen LogP contribution in [0.5, 0.6) is 0 Å². The summed E-state index contributed by atoms with van der Waals surface area (Å²) in [6.07, 6.45) is 1.36. The molecule has 1 unspecified atom stereocenters. The molecule has 18 heavy (non-hydrogen) atoms. The van der Waals surface area contributed by atoms with E-state index >= 15 is 0 Å². The number of carbonyl (C=O) groups is 2. The van der Waals surface area contributed by atoms with Gasteiger partial charge in [-0.2, -0.15) is 0 Å². The molecular weight excluding hydrogens is 236 g/mol. The second-order valence-electron chi connectivity index (χ2n) is 4.58. The summed E-state index contributed by atoms with van der Waals surface area (Å²) in [4.78, 5) is 24.3. The van der Waals surface area contributed by atoms with Crippen molar-refractivity contribution < 1.29 is 19.4 Å². The van der Waals surface area contributed by atoms with Crippen molar-refractivity contribution in [3.8, 4) is 0 Å². The molecular formula is C12H22N2O4. The van der Waals surface area contributed by atoms with Gasteiger partial charge < -0.3 is 20.1 Å². The Kier molecular flexibility index (Phi) is 5.91. The van der Waals surface area contributed by atoms with Crippen LogP contribution in [0, 0.1) is 5.92 Å². The Morgan fingerprint density at radius 2 is 2.28 bits per heavy atom. The topological polar surface area (TPSA) is 78.9 Å². The zero-order valence-electron chi connectivity index (χ0n) is 11.0. The van der Waals surface area contributed by atoms with E-state index in [4.69, 9.17) is 9.84 Å². The predicted molar refractivity (Wildman–Crippen MR) is 66.4 cm³/mol. The first-order valence-corrected chi connectivity index (χ1v) is 6.41. The van der Waals surface area contributed by atoms with Gasteiger partial charge in [-0.25, -0.2) is 4.79 Å². The second kappa shape index (κ2) is 7.20. The number of urea groups is 1. The Hall–Kier alpha value is -1.30. The Morgan fingerprint density at radius 1 is 1.56 bits per heavy atom. The maximum Gasteiger partial charge on any atom is 0.317 e. The van der Waals surface area contributed by atoms with E-state index in [1.165, 1.54) is 0 Å². The zero-order chi connectivity index (χ0) is 13.5. The summed E-state index contributed by atoms with van der Waals surface area (Å²) in [5.41, 5.74) is 0. The lowest BCUT2D eigenvalue weighted by Gasteiger charge is -2.31. The molecule has 0 radical (unpaired) electrons. The van der Waals surface area contributed by atoms with Gasteiger partial charge in [-0.3, -0.25) is 4.79 Å². The number of piperidine rings is 1. The number of carboxylic acids is 1. The zero-order valence-corrected chi connectivity index (χ0v) is 11.0. The van der Waals surface area contributed by atoms with E-state index < -0.39 is 11.9 Å². The van der Waals surface area contributed by atoms with Crippen LogP contribution < -0.4 is 5.32 Å². The van der Waals surface area contributed by atoms with Gasteiger partial charge in [0.25, 0.3) is 0 Å². The fourth-order valence-corrected chi connectivity index (χ4v) is 2.05. The molecule has 0 aromatic heterocycles. The van der Waals surface area contributed by atoms with E-state index in [2.05, 4.69) is 5.32 Å². The largest absolute Gasteiger partial charge is 0.481 e. The Balaban J connectivity index is 2.34. The van der Waals surface area contributed by atoms with Crippen LogP contribution in [0.1, 0.15) is 26.7 Å². The number of hydrogen-bond donors (Lipinski definition) is 2. The molecule has 2 N–H and O–H groups in total. The van der Waals surface area contributed by atoms with Crippen molar-refractivity contribution in [3.05, 3.63) is 0 Å². The third-order valence-electron chi connectivity index (χ3n) is 3.05. The molecule has 1 aliphatic rings. The minimum absolute atomic E-state index is 0.0287. The monoisotopic (exact) mass is 258 g/mol. The lowest BCUT2D eigenvalue weighted by Crippen LogP contribution is -2.48. The van der Waals surface area contributed by atoms with Gasteiger partial charge in [0.1, 0.15) is 0 Å². The molecule has 0 aromatic rings. The highest BCUT2D eigenvalue weighted by Crippen LogP contribution is 2.16. The third-order valence-corrected chi connectivity index (χ3v) is 3.05. The average molecular weight is 258 g/mol. The second-order valence-corrected chi connectivity index (χ2v) is 4.58. The van der Waals surface area contributed by atoms with Gasteiger partial charge in [0.05, 0.1) is 12.0 Å². The van der Waals surface area contributed by atoms with Crippen molar-refractivity contribution in [1.29, 1.82) is 0 Å². The first-order chi connectivity index (χ1) is 8.54. The van der Waals surface area contributed by atoms with Crippen molar-refractivity contribution in [1.82, 2.24) is 10.2 Å². The Morgan fingerprint density at radius 3 is 2.89 bits per heavy atom. The fraction of sp³-hybridized carbons (Fsp3) is 0.833. The van der Waals surface area contributed by atoms with Crippen LogP contribution in [-0.4, -0.2) is 54.4 Å². The maximum atomic E-state index is 11.8. The number of aliphatic carboxylic acids is 1. The summed E-state index contributed by atoms with van der Waals surface area (Å²) in [5, 5.41) is 11.7. The number of ether oxygens (including phenoxy) is 1. The van der Waals surface area contributed by atoms with Crippen LogP contribution in [0.15, 0.2) is 0 Å². The minimum Gasteiger partial charge on any atom is -0.481 e. The predicted octanol–water partition coefficient (Wildman–Crippen LogP) is 0.918. The molecule has 6 heteroatoms. The van der Waals surface area contributed by atoms with Crippen molar-refractivity contribution >= 4 is 12.0 Å². The Labute approximate surface area is 107 Å². The molecule has 104 valence electrons. The van der Waals surface area contributed by atoms with Crippen molar-refractivity contribution in [2.45, 2.75) is 32.8 Å². The lowest BCUT2D eigenvalue weighted by molar-refractivity contribution is -0.143. The number of hydrogen-bond acceptors (Lipinski definition) is 3. The van der Waals surface area contributed by atoms with E-state index in [1.807, 2.05) is 13.8 Å². The van der Waals surface area contributed by atoms with Crippen LogP contribution in [0.3, 0.4) is 0 Å². The van der Waals surface area contributed by atoms with Crippen molar-refractivity contribution in [3.63, 3.8) is 0 Å². The molecule has 0 aliphatic carbocycles. The van der Waals surface area contributed by atoms with E-state index in [9.17, 15) is 9.59 Å². The highest BCUT2D eigenvalue weighted by Gasteiger charge is 2.28. The number of amides is 2. The normalized spacial score (nSPS) is 21.4. The number of nitrogens with one attached hydrogen (secondary N) is 1. The Bertz CT molecular complexity index is 296. The van der Waals surface area contributed by atoms with E-state index in [-0.39, 0.29) is 12.1 Å². The fourth-order valence-electron chi connectivity index (χ4n) is 2.05. The highest BCUT2D eigenvalue weighted by atomic mass is 16.5. The summed E-state index contributed by atoms with van der Waals surface area (Å²) in [7, 11) is 0. The first kappa shape index (κ1) is 14.8. The minimum atomic E-state index is -0.824. The summed E-state index contributed by atoms with van der Waals surface area (Å²) in [6, 6.07) is -0.201. The maximum absolute atomic E-state index is 11.8. The van der Waals surface area contributed by atoms with E-state index in [0.717, 1.165) is 6.42 Å². The first-order valence-electron chi connectivity index (χ1n) is 6.41. The highest BCUT2D eigenvalue weighted by molar-refractivity contribution is 5.76. The number of likely N-dealkylation sites (tertiary alicyclic amines) is 1. The van der Waals surface area contributed by atoms with E-state index in [1.54, 1.807) is 4.90 Å². The molecule has 1 fully saturated rings. The molecule has 0 bridgehead atoms. The summed E-state index contributed by atoms with van der Waals surface area (Å²) >= 11 is 0. The quantitative estimate of drug-likeness (QED) is 0.768. The van der Waals surface area contributed by atoms with Gasteiger partial charge in [0.15, 0.2) is 0 Å². The number of carboxylic acid groups (broad SMARTS) is 1. The van der Waals surface area contributed by atoms with Gasteiger partial charge >= 0.3 is 12.0 Å². The van der Waals surface area contributed by atoms with Gasteiger partial charge in [0, 0.05) is 26.2 Å². The van der Waals surface area contributed by atoms with Crippen LogP contribution in [0.4, 0.5) is 4.79 Å². The van der Waals surface area contributed by atoms with Gasteiger partial charge in [-0.05, 0) is 26.7 Å². The molecule has 6 nitrogen and oxygen atoms in total. The van der Waals surface area contributed by atoms with Crippen LogP contribution in [0.2, 0.25) is 0 Å². The molecule has 1 heterocycles. The summed E-state index contributed by atoms with van der Waals surface area (Å²) in [6.45, 7) is 5.77. The van der Waals surface area contributed by atoms with Gasteiger partial charge in [-0.15, -0.1) is 0 Å². The number of carbonyl (C=O) groups excluding carboxylic acids is 1. The number of rotatable bonds is 5. The summed E-state index contributed by atoms with van der Waals surface area (Å²) < 4.78 is 5.31. The van der Waals surface area contributed by atoms with Crippen LogP contribution in [-0.2, 0) is 9.53 Å². The summed E-state index contributed by atoms with van der Waals surface area (Å²) in [5.74, 6) is -1.26. The molecule has 0 aromatic carbocycles. The molecule has 1 rings (SSSR count). The van der Waals surface area contributed by atoms with E-state index in [0.29, 0.717) is 32.7 Å². The van der Waals surface area contributed by atoms with Gasteiger partial charge in [-0.1, -0.05) is 0 Å². The SMILES string of the molecule is CCOC(C)CNC(=O)N1CCC[C@@H](C(=O)O)C1. The third kappa shape index (κ3) is 4.52. The standard InChI is InChI=1S/C12H22N2O4/c1-3-18-9(2)7-13-12(17)14-6-4-5-10(8-14)11(15)16/h9-10H,3-8H2,1-2H3,(H,13,17)(H,15,16)/t9?,10-/m1/s1. The molecule has 2 amide bonds. The van der Waals surface area contributed by atoms with Crippen LogP contribution in [0.25, 0.3) is 0 Å². The molecule has 1 aliphatic heterocycles. The molecule has 2 atom stereocenters. The van der Waals surface area contributed by atoms with Crippen molar-refractivity contribution in [2.24, 2.45) is 5.92 Å². The smallest absolute Gasteiger partial charge is 0.317 e. The molecule has 0 spiro atoms. The lowest BCUT2D eigenvalue weighted by atomic mass is 9.99. The van der Waals surface area contributed by atoms with Gasteiger partial charge in [0.2, 0.25) is 0 Å². The number of nitrogens with zero attached hydrogens (tertiary/aromatic N) is 1. The van der Waals surface area contributed by atoms with Crippen molar-refractivity contribution in [2.75, 3.05) is 26.2 Å². The molecule has 1 saturated heterocycles. The molecule has 0 saturated carbocycles.